The Kier molecular flexibility index (Phi) is 7.94. The van der Waals surface area contributed by atoms with Crippen molar-refractivity contribution >= 4 is 28.1 Å². The molecule has 1 amide bonds. The number of amides is 1. The van der Waals surface area contributed by atoms with Gasteiger partial charge in [0, 0.05) is 18.4 Å². The maximum absolute atomic E-state index is 12.2. The highest BCUT2D eigenvalue weighted by Gasteiger charge is 2.55. The minimum Gasteiger partial charge on any atom is -0.498 e. The zero-order valence-electron chi connectivity index (χ0n) is 18.9. The van der Waals surface area contributed by atoms with E-state index in [1.807, 2.05) is 0 Å². The molecule has 0 saturated heterocycles. The maximum Gasteiger partial charge on any atom is 0.288 e. The lowest BCUT2D eigenvalue weighted by atomic mass is 10.00. The van der Waals surface area contributed by atoms with Crippen molar-refractivity contribution in [3.05, 3.63) is 71.4 Å². The van der Waals surface area contributed by atoms with Crippen LogP contribution in [0.2, 0.25) is 0 Å². The summed E-state index contributed by atoms with van der Waals surface area (Å²) >= 11 is 0.820. The van der Waals surface area contributed by atoms with Gasteiger partial charge < -0.3 is 51.5 Å². The summed E-state index contributed by atoms with van der Waals surface area (Å²) in [5, 5.41) is 76.4. The molecule has 3 aromatic rings. The number of nitrogen functional groups attached to an aromatic ring is 1. The van der Waals surface area contributed by atoms with Crippen LogP contribution in [0.3, 0.4) is 0 Å². The van der Waals surface area contributed by atoms with Crippen LogP contribution in [0.1, 0.15) is 22.9 Å². The van der Waals surface area contributed by atoms with Crippen molar-refractivity contribution < 1.29 is 45.3 Å². The van der Waals surface area contributed by atoms with E-state index in [0.29, 0.717) is 0 Å². The van der Waals surface area contributed by atoms with E-state index >= 15 is 0 Å². The molecule has 1 aromatic heterocycles. The van der Waals surface area contributed by atoms with Crippen LogP contribution in [0.5, 0.6) is 5.06 Å². The molecule has 1 heterocycles. The molecule has 3 rings (SSSR count). The number of methoxy groups -OCH3 is 1. The summed E-state index contributed by atoms with van der Waals surface area (Å²) in [6.07, 6.45) is -1.83. The third-order valence-corrected chi connectivity index (χ3v) is 5.87. The predicted octanol–water partition coefficient (Wildman–Crippen LogP) is -0.996. The van der Waals surface area contributed by atoms with Gasteiger partial charge in [-0.15, -0.1) is 0 Å². The van der Waals surface area contributed by atoms with E-state index in [0.717, 1.165) is 30.6 Å². The van der Waals surface area contributed by atoms with Gasteiger partial charge in [-0.2, -0.15) is 0 Å². The summed E-state index contributed by atoms with van der Waals surface area (Å²) in [4.78, 5) is 16.0. The quantitative estimate of drug-likeness (QED) is 0.145. The molecule has 0 aliphatic carbocycles. The molecule has 2 aromatic carbocycles. The second-order valence-corrected chi connectivity index (χ2v) is 8.84. The molecular formula is C22H26N4O9S. The number of benzene rings is 2. The number of nitrogens with one attached hydrogen (secondary N) is 2. The van der Waals surface area contributed by atoms with Gasteiger partial charge in [-0.1, -0.05) is 53.8 Å². The molecule has 36 heavy (non-hydrogen) atoms. The first-order chi connectivity index (χ1) is 16.8. The van der Waals surface area contributed by atoms with Gasteiger partial charge in [0.2, 0.25) is 5.91 Å². The van der Waals surface area contributed by atoms with E-state index in [1.165, 1.54) is 24.3 Å². The van der Waals surface area contributed by atoms with Crippen LogP contribution in [0.25, 0.3) is 0 Å². The summed E-state index contributed by atoms with van der Waals surface area (Å²) < 4.78 is 5.05. The Balaban J connectivity index is 1.73. The molecular weight excluding hydrogens is 496 g/mol. The van der Waals surface area contributed by atoms with Crippen molar-refractivity contribution in [1.29, 1.82) is 0 Å². The Bertz CT molecular complexity index is 1180. The summed E-state index contributed by atoms with van der Waals surface area (Å²) in [6, 6.07) is 12.4. The number of thiazole rings is 1. The highest BCUT2D eigenvalue weighted by molar-refractivity contribution is 7.17. The van der Waals surface area contributed by atoms with Gasteiger partial charge in [0.1, 0.15) is 5.69 Å². The van der Waals surface area contributed by atoms with Gasteiger partial charge >= 0.3 is 0 Å². The second-order valence-electron chi connectivity index (χ2n) is 7.83. The van der Waals surface area contributed by atoms with E-state index in [1.54, 1.807) is 23.5 Å². The summed E-state index contributed by atoms with van der Waals surface area (Å²) in [5.41, 5.74) is 5.52. The molecule has 1 unspecified atom stereocenters. The molecule has 0 bridgehead atoms. The number of nitrogens with two attached hydrogens (primary N) is 1. The fourth-order valence-corrected chi connectivity index (χ4v) is 3.98. The average Bonchev–Trinajstić information content (AvgIpc) is 3.10. The van der Waals surface area contributed by atoms with E-state index in [-0.39, 0.29) is 33.6 Å². The van der Waals surface area contributed by atoms with Crippen LogP contribution in [0, 0.1) is 0 Å². The molecule has 194 valence electrons. The Morgan fingerprint density at radius 2 is 1.67 bits per heavy atom. The zero-order valence-corrected chi connectivity index (χ0v) is 19.7. The van der Waals surface area contributed by atoms with Gasteiger partial charge in [-0.3, -0.25) is 4.79 Å². The Morgan fingerprint density at radius 1 is 1.06 bits per heavy atom. The molecule has 14 heteroatoms. The molecule has 0 radical (unpaired) electrons. The Morgan fingerprint density at radius 3 is 2.19 bits per heavy atom. The number of aliphatic hydroxyl groups is 6. The Hall–Kier alpha value is -3.18. The van der Waals surface area contributed by atoms with E-state index in [4.69, 9.17) is 10.5 Å². The smallest absolute Gasteiger partial charge is 0.288 e. The molecule has 13 nitrogen and oxygen atoms in total. The number of nitrogens with zero attached hydrogens (tertiary/aromatic N) is 1. The fourth-order valence-electron chi connectivity index (χ4n) is 3.39. The van der Waals surface area contributed by atoms with Gasteiger partial charge in [0.05, 0.1) is 6.42 Å². The third-order valence-electron chi connectivity index (χ3n) is 5.14. The minimum absolute atomic E-state index is 0.0918. The topological polar surface area (TPSA) is 231 Å². The number of anilines is 2. The Labute approximate surface area is 208 Å². The maximum atomic E-state index is 12.2. The lowest BCUT2D eigenvalue weighted by Gasteiger charge is -2.41. The largest absolute Gasteiger partial charge is 0.498 e. The number of hydrogen-bond acceptors (Lipinski definition) is 13. The number of aromatic nitrogens is 1. The number of ether oxygens (including phenoxy) is 1. The summed E-state index contributed by atoms with van der Waals surface area (Å²) in [6.45, 7) is 0. The lowest BCUT2D eigenvalue weighted by molar-refractivity contribution is -0.416. The van der Waals surface area contributed by atoms with Crippen molar-refractivity contribution in [2.75, 3.05) is 18.2 Å². The summed E-state index contributed by atoms with van der Waals surface area (Å²) in [7, 11) is 1.14. The number of carbonyl (C=O) groups excluding carboxylic acids is 1. The predicted molar refractivity (Wildman–Crippen MR) is 127 cm³/mol. The third kappa shape index (κ3) is 5.96. The van der Waals surface area contributed by atoms with Crippen molar-refractivity contribution in [2.45, 2.75) is 30.1 Å². The van der Waals surface area contributed by atoms with E-state index < -0.39 is 35.2 Å². The van der Waals surface area contributed by atoms with Gasteiger partial charge in [-0.05, 0) is 17.7 Å². The minimum atomic E-state index is -3.70. The number of hydrogen-bond donors (Lipinski definition) is 10. The summed E-state index contributed by atoms with van der Waals surface area (Å²) in [5.74, 6) is -10.9. The van der Waals surface area contributed by atoms with Crippen LogP contribution in [0.4, 0.5) is 10.8 Å². The van der Waals surface area contributed by atoms with Gasteiger partial charge in [-0.25, -0.2) is 10.3 Å². The van der Waals surface area contributed by atoms with Crippen LogP contribution in [-0.2, 0) is 21.7 Å². The molecule has 0 spiro atoms. The molecule has 0 saturated carbocycles. The highest BCUT2D eigenvalue weighted by atomic mass is 32.1. The number of aromatic hydroxyl groups is 1. The normalized spacial score (nSPS) is 13.4. The van der Waals surface area contributed by atoms with Crippen molar-refractivity contribution in [3.8, 4) is 5.06 Å². The zero-order chi connectivity index (χ0) is 26.7. The van der Waals surface area contributed by atoms with Crippen molar-refractivity contribution in [2.24, 2.45) is 0 Å². The second kappa shape index (κ2) is 10.4. The molecule has 0 aliphatic rings. The first-order valence-corrected chi connectivity index (χ1v) is 11.1. The lowest BCUT2D eigenvalue weighted by Crippen LogP contribution is -2.69. The van der Waals surface area contributed by atoms with Crippen molar-refractivity contribution in [3.63, 3.8) is 0 Å². The van der Waals surface area contributed by atoms with Crippen LogP contribution in [-0.4, -0.2) is 65.6 Å². The van der Waals surface area contributed by atoms with Crippen LogP contribution < -0.4 is 16.4 Å². The number of rotatable bonds is 10. The monoisotopic (exact) mass is 522 g/mol. The standard InChI is InChI=1S/C22H26N4O9S/c1-35-17(12-5-3-2-4-6-12)21(31,32)26-22(33,34)20(29,30)13-7-9-14(10-8-13)24-16(27)11-15-18(28)36-19(23)25-15/h2-10,17,26,28-34H,11H2,1H3,(H2,23,25)(H,24,27). The van der Waals surface area contributed by atoms with Crippen LogP contribution in [0.15, 0.2) is 54.6 Å². The molecule has 11 N–H and O–H groups in total. The SMILES string of the molecule is COC(c1ccccc1)C(O)(O)NC(O)(O)C(O)(O)c1ccc(NC(=O)Cc2nc(N)sc2O)cc1. The van der Waals surface area contributed by atoms with Crippen molar-refractivity contribution in [1.82, 2.24) is 10.3 Å². The van der Waals surface area contributed by atoms with Gasteiger partial charge in [0.15, 0.2) is 16.3 Å². The van der Waals surface area contributed by atoms with Crippen LogP contribution >= 0.6 is 11.3 Å². The van der Waals surface area contributed by atoms with E-state index in [9.17, 15) is 40.5 Å². The van der Waals surface area contributed by atoms with Gasteiger partial charge in [0.25, 0.3) is 17.6 Å². The molecule has 0 aliphatic heterocycles. The first kappa shape index (κ1) is 27.4. The highest BCUT2D eigenvalue weighted by Crippen LogP contribution is 2.33. The fraction of sp³-hybridized carbons (Fsp3) is 0.273. The first-order valence-electron chi connectivity index (χ1n) is 10.3. The number of carbonyl (C=O) groups is 1. The molecule has 1 atom stereocenters. The average molecular weight is 523 g/mol. The van der Waals surface area contributed by atoms with E-state index in [2.05, 4.69) is 10.3 Å². The molecule has 0 fully saturated rings.